The first-order valence-corrected chi connectivity index (χ1v) is 5.25. The van der Waals surface area contributed by atoms with Gasteiger partial charge in [-0.2, -0.15) is 0 Å². The van der Waals surface area contributed by atoms with Gasteiger partial charge in [0.15, 0.2) is 0 Å². The molecule has 0 radical (unpaired) electrons. The molecule has 0 aliphatic heterocycles. The monoisotopic (exact) mass is 215 g/mol. The second kappa shape index (κ2) is 4.35. The van der Waals surface area contributed by atoms with E-state index in [9.17, 15) is 4.39 Å². The van der Waals surface area contributed by atoms with Crippen LogP contribution in [0.1, 0.15) is 11.1 Å². The smallest absolute Gasteiger partial charge is 0.146 e. The van der Waals surface area contributed by atoms with Gasteiger partial charge in [-0.25, -0.2) is 4.39 Å². The molecule has 0 spiro atoms. The largest absolute Gasteiger partial charge is 0.353 e. The van der Waals surface area contributed by atoms with Crippen LogP contribution in [-0.4, -0.2) is 0 Å². The SMILES string of the molecule is Cc1ccc(Nc2cc(C)ccc2F)cc1. The molecule has 0 heterocycles. The Hall–Kier alpha value is -1.83. The molecular formula is C14H14FN. The van der Waals surface area contributed by atoms with Gasteiger partial charge in [0.25, 0.3) is 0 Å². The second-order valence-electron chi connectivity index (χ2n) is 3.97. The standard InChI is InChI=1S/C14H14FN/c1-10-3-6-12(7-4-10)16-14-9-11(2)5-8-13(14)15/h3-9,16H,1-2H3. The van der Waals surface area contributed by atoms with Crippen LogP contribution >= 0.6 is 0 Å². The minimum atomic E-state index is -0.230. The summed E-state index contributed by atoms with van der Waals surface area (Å²) in [7, 11) is 0. The predicted molar refractivity (Wildman–Crippen MR) is 65.6 cm³/mol. The van der Waals surface area contributed by atoms with Gasteiger partial charge in [0.05, 0.1) is 5.69 Å². The van der Waals surface area contributed by atoms with Crippen LogP contribution in [0.4, 0.5) is 15.8 Å². The Kier molecular flexibility index (Phi) is 2.91. The fraction of sp³-hybridized carbons (Fsp3) is 0.143. The second-order valence-corrected chi connectivity index (χ2v) is 3.97. The molecule has 0 unspecified atom stereocenters. The number of nitrogens with one attached hydrogen (secondary N) is 1. The van der Waals surface area contributed by atoms with Crippen molar-refractivity contribution in [1.82, 2.24) is 0 Å². The highest BCUT2D eigenvalue weighted by atomic mass is 19.1. The van der Waals surface area contributed by atoms with Crippen molar-refractivity contribution in [1.29, 1.82) is 0 Å². The average molecular weight is 215 g/mol. The van der Waals surface area contributed by atoms with Crippen LogP contribution in [0.25, 0.3) is 0 Å². The average Bonchev–Trinajstić information content (AvgIpc) is 2.27. The van der Waals surface area contributed by atoms with Crippen LogP contribution in [-0.2, 0) is 0 Å². The van der Waals surface area contributed by atoms with Crippen molar-refractivity contribution in [2.45, 2.75) is 13.8 Å². The quantitative estimate of drug-likeness (QED) is 0.792. The molecule has 0 aliphatic carbocycles. The van der Waals surface area contributed by atoms with E-state index in [1.807, 2.05) is 38.1 Å². The topological polar surface area (TPSA) is 12.0 Å². The number of halogens is 1. The molecule has 1 N–H and O–H groups in total. The molecule has 0 aromatic heterocycles. The molecule has 0 atom stereocenters. The molecule has 2 rings (SSSR count). The van der Waals surface area contributed by atoms with Crippen molar-refractivity contribution < 1.29 is 4.39 Å². The minimum Gasteiger partial charge on any atom is -0.353 e. The Morgan fingerprint density at radius 3 is 2.19 bits per heavy atom. The summed E-state index contributed by atoms with van der Waals surface area (Å²) in [4.78, 5) is 0. The van der Waals surface area contributed by atoms with Crippen molar-refractivity contribution in [2.24, 2.45) is 0 Å². The third-order valence-corrected chi connectivity index (χ3v) is 2.45. The number of rotatable bonds is 2. The Morgan fingerprint density at radius 1 is 0.875 bits per heavy atom. The van der Waals surface area contributed by atoms with Crippen LogP contribution < -0.4 is 5.32 Å². The number of anilines is 2. The summed E-state index contributed by atoms with van der Waals surface area (Å²) >= 11 is 0. The van der Waals surface area contributed by atoms with E-state index >= 15 is 0 Å². The molecule has 0 saturated heterocycles. The van der Waals surface area contributed by atoms with Gasteiger partial charge in [0.2, 0.25) is 0 Å². The molecule has 0 amide bonds. The molecule has 0 bridgehead atoms. The Bertz CT molecular complexity index is 489. The lowest BCUT2D eigenvalue weighted by atomic mass is 10.2. The number of hydrogen-bond donors (Lipinski definition) is 1. The third kappa shape index (κ3) is 2.40. The third-order valence-electron chi connectivity index (χ3n) is 2.45. The van der Waals surface area contributed by atoms with Crippen LogP contribution in [0.5, 0.6) is 0 Å². The molecule has 82 valence electrons. The van der Waals surface area contributed by atoms with Gasteiger partial charge in [-0.3, -0.25) is 0 Å². The maximum atomic E-state index is 13.5. The van der Waals surface area contributed by atoms with Crippen molar-refractivity contribution in [2.75, 3.05) is 5.32 Å². The molecular weight excluding hydrogens is 201 g/mol. The van der Waals surface area contributed by atoms with Crippen molar-refractivity contribution in [3.8, 4) is 0 Å². The van der Waals surface area contributed by atoms with Gasteiger partial charge in [-0.15, -0.1) is 0 Å². The van der Waals surface area contributed by atoms with Gasteiger partial charge >= 0.3 is 0 Å². The zero-order valence-corrected chi connectivity index (χ0v) is 9.42. The van der Waals surface area contributed by atoms with E-state index in [2.05, 4.69) is 5.32 Å². The highest BCUT2D eigenvalue weighted by Gasteiger charge is 2.01. The van der Waals surface area contributed by atoms with E-state index in [4.69, 9.17) is 0 Å². The van der Waals surface area contributed by atoms with E-state index in [1.54, 1.807) is 12.1 Å². The fourth-order valence-corrected chi connectivity index (χ4v) is 1.53. The highest BCUT2D eigenvalue weighted by Crippen LogP contribution is 2.21. The molecule has 1 nitrogen and oxygen atoms in total. The maximum Gasteiger partial charge on any atom is 0.146 e. The normalized spacial score (nSPS) is 10.2. The highest BCUT2D eigenvalue weighted by molar-refractivity contribution is 5.61. The van der Waals surface area contributed by atoms with Crippen molar-refractivity contribution >= 4 is 11.4 Å². The zero-order valence-electron chi connectivity index (χ0n) is 9.42. The minimum absolute atomic E-state index is 0.230. The molecule has 0 saturated carbocycles. The zero-order chi connectivity index (χ0) is 11.5. The molecule has 16 heavy (non-hydrogen) atoms. The first-order valence-electron chi connectivity index (χ1n) is 5.25. The molecule has 0 aliphatic rings. The fourth-order valence-electron chi connectivity index (χ4n) is 1.53. The lowest BCUT2D eigenvalue weighted by Crippen LogP contribution is -1.94. The molecule has 2 heteroatoms. The Labute approximate surface area is 94.9 Å². The lowest BCUT2D eigenvalue weighted by Gasteiger charge is -2.08. The summed E-state index contributed by atoms with van der Waals surface area (Å²) in [5, 5.41) is 3.07. The summed E-state index contributed by atoms with van der Waals surface area (Å²) in [6, 6.07) is 12.9. The van der Waals surface area contributed by atoms with Crippen LogP contribution in [0, 0.1) is 19.7 Å². The molecule has 0 fully saturated rings. The van der Waals surface area contributed by atoms with E-state index in [1.165, 1.54) is 11.6 Å². The van der Waals surface area contributed by atoms with Crippen LogP contribution in [0.15, 0.2) is 42.5 Å². The van der Waals surface area contributed by atoms with Crippen molar-refractivity contribution in [3.05, 3.63) is 59.4 Å². The lowest BCUT2D eigenvalue weighted by molar-refractivity contribution is 0.631. The Balaban J connectivity index is 2.26. The number of benzene rings is 2. The van der Waals surface area contributed by atoms with Gasteiger partial charge in [-0.1, -0.05) is 23.8 Å². The van der Waals surface area contributed by atoms with Crippen LogP contribution in [0.2, 0.25) is 0 Å². The van der Waals surface area contributed by atoms with Crippen LogP contribution in [0.3, 0.4) is 0 Å². The van der Waals surface area contributed by atoms with E-state index < -0.39 is 0 Å². The summed E-state index contributed by atoms with van der Waals surface area (Å²) in [5.74, 6) is -0.230. The van der Waals surface area contributed by atoms with Gasteiger partial charge in [-0.05, 0) is 43.7 Å². The van der Waals surface area contributed by atoms with Gasteiger partial charge in [0, 0.05) is 5.69 Å². The summed E-state index contributed by atoms with van der Waals surface area (Å²) in [5.41, 5.74) is 3.64. The first-order chi connectivity index (χ1) is 7.65. The Morgan fingerprint density at radius 2 is 1.50 bits per heavy atom. The maximum absolute atomic E-state index is 13.5. The summed E-state index contributed by atoms with van der Waals surface area (Å²) < 4.78 is 13.5. The summed E-state index contributed by atoms with van der Waals surface area (Å²) in [6.07, 6.45) is 0. The number of aryl methyl sites for hydroxylation is 2. The van der Waals surface area contributed by atoms with E-state index in [0.717, 1.165) is 11.3 Å². The van der Waals surface area contributed by atoms with E-state index in [0.29, 0.717) is 5.69 Å². The first kappa shape index (κ1) is 10.7. The summed E-state index contributed by atoms with van der Waals surface area (Å²) in [6.45, 7) is 3.97. The van der Waals surface area contributed by atoms with E-state index in [-0.39, 0.29) is 5.82 Å². The predicted octanol–water partition coefficient (Wildman–Crippen LogP) is 4.19. The molecule has 2 aromatic rings. The van der Waals surface area contributed by atoms with Gasteiger partial charge < -0.3 is 5.32 Å². The van der Waals surface area contributed by atoms with Crippen molar-refractivity contribution in [3.63, 3.8) is 0 Å². The number of hydrogen-bond acceptors (Lipinski definition) is 1. The van der Waals surface area contributed by atoms with Gasteiger partial charge in [0.1, 0.15) is 5.82 Å². The molecule has 2 aromatic carbocycles.